The molecule has 0 aliphatic carbocycles. The summed E-state index contributed by atoms with van der Waals surface area (Å²) < 4.78 is 0. The number of benzene rings is 1. The first-order chi connectivity index (χ1) is 8.74. The van der Waals surface area contributed by atoms with Crippen LogP contribution in [0.15, 0.2) is 17.0 Å². The largest absolute Gasteiger partial charge is 0.505 e. The van der Waals surface area contributed by atoms with Crippen molar-refractivity contribution >= 4 is 35.0 Å². The van der Waals surface area contributed by atoms with E-state index in [4.69, 9.17) is 23.2 Å². The van der Waals surface area contributed by atoms with Crippen molar-refractivity contribution in [3.05, 3.63) is 22.2 Å². The molecule has 5 heteroatoms. The first kappa shape index (κ1) is 17.0. The van der Waals surface area contributed by atoms with Crippen molar-refractivity contribution in [1.29, 1.82) is 0 Å². The third-order valence-corrected chi connectivity index (χ3v) is 4.97. The summed E-state index contributed by atoms with van der Waals surface area (Å²) in [6, 6.07) is 3.40. The molecule has 0 heterocycles. The molecule has 0 radical (unpaired) electrons. The lowest BCUT2D eigenvalue weighted by Crippen LogP contribution is -2.30. The second-order valence-electron chi connectivity index (χ2n) is 5.20. The summed E-state index contributed by atoms with van der Waals surface area (Å²) in [5.74, 6) is 1.05. The molecule has 0 amide bonds. The summed E-state index contributed by atoms with van der Waals surface area (Å²) in [7, 11) is 0. The molecule has 19 heavy (non-hydrogen) atoms. The van der Waals surface area contributed by atoms with Gasteiger partial charge in [0, 0.05) is 4.90 Å². The van der Waals surface area contributed by atoms with Gasteiger partial charge in [-0.3, -0.25) is 0 Å². The molecule has 2 N–H and O–H groups in total. The molecule has 1 rings (SSSR count). The van der Waals surface area contributed by atoms with E-state index in [1.807, 2.05) is 20.8 Å². The first-order valence-electron chi connectivity index (χ1n) is 6.27. The summed E-state index contributed by atoms with van der Waals surface area (Å²) in [6.45, 7) is 5.91. The zero-order valence-electron chi connectivity index (χ0n) is 11.4. The summed E-state index contributed by atoms with van der Waals surface area (Å²) in [4.78, 5) is 0.928. The Kier molecular flexibility index (Phi) is 6.31. The Morgan fingerprint density at radius 1 is 1.26 bits per heavy atom. The molecule has 2 nitrogen and oxygen atoms in total. The van der Waals surface area contributed by atoms with E-state index in [0.717, 1.165) is 23.5 Å². The van der Waals surface area contributed by atoms with Gasteiger partial charge >= 0.3 is 0 Å². The van der Waals surface area contributed by atoms with Crippen LogP contribution in [-0.4, -0.2) is 21.6 Å². The van der Waals surface area contributed by atoms with Gasteiger partial charge in [-0.05, 0) is 43.6 Å². The molecule has 0 fully saturated rings. The van der Waals surface area contributed by atoms with Gasteiger partial charge in [0.15, 0.2) is 5.75 Å². The minimum atomic E-state index is -0.620. The van der Waals surface area contributed by atoms with Gasteiger partial charge in [0.2, 0.25) is 0 Å². The highest BCUT2D eigenvalue weighted by molar-refractivity contribution is 7.99. The van der Waals surface area contributed by atoms with E-state index >= 15 is 0 Å². The molecular formula is C14H20Cl2O2S. The van der Waals surface area contributed by atoms with E-state index in [9.17, 15) is 10.2 Å². The third kappa shape index (κ3) is 5.07. The minimum Gasteiger partial charge on any atom is -0.505 e. The van der Waals surface area contributed by atoms with Gasteiger partial charge in [-0.15, -0.1) is 11.8 Å². The molecule has 1 unspecified atom stereocenters. The molecular weight excluding hydrogens is 303 g/mol. The number of phenols is 1. The predicted molar refractivity (Wildman–Crippen MR) is 83.5 cm³/mol. The van der Waals surface area contributed by atoms with E-state index in [2.05, 4.69) is 0 Å². The Balaban J connectivity index is 2.46. The van der Waals surface area contributed by atoms with Crippen LogP contribution in [0.25, 0.3) is 0 Å². The highest BCUT2D eigenvalue weighted by Gasteiger charge is 2.23. The minimum absolute atomic E-state index is 0.0737. The number of halogens is 2. The fourth-order valence-corrected chi connectivity index (χ4v) is 3.08. The number of hydrogen-bond acceptors (Lipinski definition) is 3. The Hall–Kier alpha value is -0.0900. The molecule has 0 aliphatic rings. The maximum Gasteiger partial charge on any atom is 0.152 e. The number of aliphatic hydroxyl groups is 1. The normalized spacial score (nSPS) is 14.7. The molecule has 1 atom stereocenters. The maximum absolute atomic E-state index is 10.1. The van der Waals surface area contributed by atoms with Crippen LogP contribution in [0, 0.1) is 5.92 Å². The second kappa shape index (κ2) is 7.07. The zero-order valence-corrected chi connectivity index (χ0v) is 13.7. The second-order valence-corrected chi connectivity index (χ2v) is 7.18. The standard InChI is InChI=1S/C14H20Cl2O2S/c1-9(2)14(3,18)5-4-6-19-10-7-11(15)13(17)12(16)8-10/h7-9,17-18H,4-6H2,1-3H3. The van der Waals surface area contributed by atoms with Crippen molar-refractivity contribution in [3.8, 4) is 5.75 Å². The van der Waals surface area contributed by atoms with Gasteiger partial charge in [0.1, 0.15) is 0 Å². The average Bonchev–Trinajstić information content (AvgIpc) is 2.31. The molecule has 0 aromatic heterocycles. The maximum atomic E-state index is 10.1. The van der Waals surface area contributed by atoms with Gasteiger partial charge in [-0.25, -0.2) is 0 Å². The van der Waals surface area contributed by atoms with E-state index < -0.39 is 5.60 Å². The van der Waals surface area contributed by atoms with Gasteiger partial charge < -0.3 is 10.2 Å². The molecule has 1 aromatic carbocycles. The summed E-state index contributed by atoms with van der Waals surface area (Å²) in [6.07, 6.45) is 1.67. The van der Waals surface area contributed by atoms with E-state index in [1.165, 1.54) is 0 Å². The Bertz CT molecular complexity index is 410. The van der Waals surface area contributed by atoms with Crippen molar-refractivity contribution < 1.29 is 10.2 Å². The lowest BCUT2D eigenvalue weighted by molar-refractivity contribution is 0.00504. The quantitative estimate of drug-likeness (QED) is 0.573. The Morgan fingerprint density at radius 2 is 1.79 bits per heavy atom. The van der Waals surface area contributed by atoms with Crippen LogP contribution in [0.3, 0.4) is 0 Å². The number of hydrogen-bond donors (Lipinski definition) is 2. The lowest BCUT2D eigenvalue weighted by Gasteiger charge is -2.27. The topological polar surface area (TPSA) is 40.5 Å². The van der Waals surface area contributed by atoms with Crippen LogP contribution in [0.1, 0.15) is 33.6 Å². The monoisotopic (exact) mass is 322 g/mol. The molecule has 0 saturated heterocycles. The van der Waals surface area contributed by atoms with E-state index in [-0.39, 0.29) is 21.7 Å². The summed E-state index contributed by atoms with van der Waals surface area (Å²) >= 11 is 13.3. The number of thioether (sulfide) groups is 1. The predicted octanol–water partition coefficient (Wildman–Crippen LogP) is 4.98. The molecule has 108 valence electrons. The van der Waals surface area contributed by atoms with Crippen LogP contribution in [0.4, 0.5) is 0 Å². The number of aromatic hydroxyl groups is 1. The van der Waals surface area contributed by atoms with Crippen molar-refractivity contribution in [2.75, 3.05) is 5.75 Å². The van der Waals surface area contributed by atoms with E-state index in [1.54, 1.807) is 23.9 Å². The molecule has 0 bridgehead atoms. The molecule has 1 aromatic rings. The summed E-state index contributed by atoms with van der Waals surface area (Å²) in [5.41, 5.74) is -0.620. The number of phenolic OH excluding ortho intramolecular Hbond substituents is 1. The fraction of sp³-hybridized carbons (Fsp3) is 0.571. The SMILES string of the molecule is CC(C)C(C)(O)CCCSc1cc(Cl)c(O)c(Cl)c1. The van der Waals surface area contributed by atoms with Crippen LogP contribution < -0.4 is 0 Å². The first-order valence-corrected chi connectivity index (χ1v) is 8.01. The Morgan fingerprint density at radius 3 is 2.26 bits per heavy atom. The summed E-state index contributed by atoms with van der Waals surface area (Å²) in [5, 5.41) is 20.1. The van der Waals surface area contributed by atoms with Gasteiger partial charge in [0.05, 0.1) is 15.6 Å². The average molecular weight is 323 g/mol. The number of rotatable bonds is 6. The van der Waals surface area contributed by atoms with Crippen LogP contribution in [0.2, 0.25) is 10.0 Å². The lowest BCUT2D eigenvalue weighted by atomic mass is 9.88. The van der Waals surface area contributed by atoms with Crippen molar-refractivity contribution in [2.45, 2.75) is 44.1 Å². The van der Waals surface area contributed by atoms with Crippen LogP contribution in [0.5, 0.6) is 5.75 Å². The fourth-order valence-electron chi connectivity index (χ4n) is 1.53. The highest BCUT2D eigenvalue weighted by Crippen LogP contribution is 2.36. The van der Waals surface area contributed by atoms with Crippen LogP contribution in [-0.2, 0) is 0 Å². The molecule has 0 saturated carbocycles. The van der Waals surface area contributed by atoms with Gasteiger partial charge in [-0.2, -0.15) is 0 Å². The third-order valence-electron chi connectivity index (χ3n) is 3.33. The van der Waals surface area contributed by atoms with Crippen molar-refractivity contribution in [2.24, 2.45) is 5.92 Å². The molecule has 0 aliphatic heterocycles. The smallest absolute Gasteiger partial charge is 0.152 e. The van der Waals surface area contributed by atoms with Crippen molar-refractivity contribution in [1.82, 2.24) is 0 Å². The van der Waals surface area contributed by atoms with Gasteiger partial charge in [-0.1, -0.05) is 37.0 Å². The highest BCUT2D eigenvalue weighted by atomic mass is 35.5. The van der Waals surface area contributed by atoms with Crippen molar-refractivity contribution in [3.63, 3.8) is 0 Å². The van der Waals surface area contributed by atoms with E-state index in [0.29, 0.717) is 0 Å². The molecule has 0 spiro atoms. The Labute approximate surface area is 129 Å². The van der Waals surface area contributed by atoms with Gasteiger partial charge in [0.25, 0.3) is 0 Å². The zero-order chi connectivity index (χ0) is 14.6. The van der Waals surface area contributed by atoms with Crippen LogP contribution >= 0.6 is 35.0 Å².